The summed E-state index contributed by atoms with van der Waals surface area (Å²) >= 11 is 3.29. The first kappa shape index (κ1) is 43.3. The van der Waals surface area contributed by atoms with E-state index in [2.05, 4.69) is 46.5 Å². The van der Waals surface area contributed by atoms with E-state index in [0.29, 0.717) is 24.9 Å². The van der Waals surface area contributed by atoms with Crippen LogP contribution in [0.5, 0.6) is 0 Å². The molecule has 3 aliphatic carbocycles. The number of nitrogens with one attached hydrogen (secondary N) is 1. The molecule has 4 aromatic rings. The van der Waals surface area contributed by atoms with Gasteiger partial charge in [0.05, 0.1) is 23.8 Å². The van der Waals surface area contributed by atoms with Crippen molar-refractivity contribution in [2.75, 3.05) is 39.3 Å². The van der Waals surface area contributed by atoms with Gasteiger partial charge in [-0.1, -0.05) is 12.8 Å². The number of hydrogen-bond donors (Lipinski definition) is 1. The van der Waals surface area contributed by atoms with Crippen molar-refractivity contribution in [2.45, 2.75) is 128 Å². The smallest absolute Gasteiger partial charge is 1.00 e. The van der Waals surface area contributed by atoms with Crippen molar-refractivity contribution in [2.24, 2.45) is 0 Å². The van der Waals surface area contributed by atoms with Gasteiger partial charge in [-0.2, -0.15) is 23.0 Å². The Morgan fingerprint density at radius 1 is 0.778 bits per heavy atom. The number of aromatic nitrogens is 6. The van der Waals surface area contributed by atoms with Crippen molar-refractivity contribution in [3.63, 3.8) is 0 Å². The molecule has 3 saturated carbocycles. The maximum Gasteiger partial charge on any atom is 2.00 e. The zero-order valence-corrected chi connectivity index (χ0v) is 37.1. The fourth-order valence-electron chi connectivity index (χ4n) is 7.39. The quantitative estimate of drug-likeness (QED) is 0.183. The van der Waals surface area contributed by atoms with Gasteiger partial charge in [0.15, 0.2) is 11.3 Å². The molecule has 1 amide bonds. The zero-order chi connectivity index (χ0) is 36.1. The third-order valence-corrected chi connectivity index (χ3v) is 11.8. The SMILES string of the molecule is BrN1CCC1.CC(C)(C)OC(=O)N1CCc2nc3ccnn3c(C3CCC3)c2CC1.[Br-].[CH-]1CCC1.[Mg+2].c1cc2nc3c(c(C4CCC4)n2n1)CCNCC3. The summed E-state index contributed by atoms with van der Waals surface area (Å²) in [5.74, 6) is 1.29. The minimum Gasteiger partial charge on any atom is -1.00 e. The number of amides is 1. The second-order valence-electron chi connectivity index (χ2n) is 16.0. The topological polar surface area (TPSA) is 105 Å². The number of halogens is 2. The van der Waals surface area contributed by atoms with E-state index in [1.165, 1.54) is 106 Å². The van der Waals surface area contributed by atoms with Crippen molar-refractivity contribution < 1.29 is 26.5 Å². The van der Waals surface area contributed by atoms with Gasteiger partial charge in [0, 0.05) is 97.1 Å². The Balaban J connectivity index is 0.000000167. The molecule has 0 bridgehead atoms. The summed E-state index contributed by atoms with van der Waals surface area (Å²) in [6.07, 6.45) is 22.8. The number of hydrogen-bond acceptors (Lipinski definition) is 8. The molecule has 4 fully saturated rings. The largest absolute Gasteiger partial charge is 2.00 e. The standard InChI is InChI=1S/C19H26N4O2.C14H18N4.C4H7.C3H6BrN.BrH.Mg/c1-19(2,3)25-18(24)22-11-8-14-15(9-12-22)21-16-7-10-20-23(16)17(14)13-5-4-6-13;1-2-10(3-1)14-11-4-7-15-8-5-12(11)17-13-6-9-16-18(13)14;1-2-4-3-1;4-5-2-1-3-5;;/h7,10,13H,4-6,8-9,11-12H2,1-3H3;6,9-10,15H,1-5,7-8H2;1H,2-4H2;1-3H2;1H;/q;;-1;;;+2/p-1. The summed E-state index contributed by atoms with van der Waals surface area (Å²) in [7, 11) is 0. The van der Waals surface area contributed by atoms with Crippen LogP contribution >= 0.6 is 16.1 Å². The number of fused-ring (bicyclic) bond motifs is 4. The van der Waals surface area contributed by atoms with Crippen LogP contribution in [0.25, 0.3) is 11.3 Å². The number of rotatable bonds is 2. The molecule has 4 aromatic heterocycles. The van der Waals surface area contributed by atoms with Crippen LogP contribution in [-0.4, -0.2) is 112 Å². The van der Waals surface area contributed by atoms with Crippen LogP contribution in [0.4, 0.5) is 4.79 Å². The van der Waals surface area contributed by atoms with Crippen molar-refractivity contribution in [3.05, 3.63) is 64.8 Å². The molecule has 54 heavy (non-hydrogen) atoms. The summed E-state index contributed by atoms with van der Waals surface area (Å²) in [5.41, 5.74) is 9.46. The van der Waals surface area contributed by atoms with E-state index in [1.807, 2.05) is 54.7 Å². The van der Waals surface area contributed by atoms with Crippen molar-refractivity contribution >= 4 is 56.6 Å². The Labute approximate surface area is 356 Å². The molecule has 0 aromatic carbocycles. The Kier molecular flexibility index (Phi) is 16.1. The summed E-state index contributed by atoms with van der Waals surface area (Å²) in [5, 5.41) is 12.5. The van der Waals surface area contributed by atoms with Gasteiger partial charge in [-0.25, -0.2) is 27.7 Å². The molecule has 11 nitrogen and oxygen atoms in total. The van der Waals surface area contributed by atoms with Gasteiger partial charge in [0.2, 0.25) is 0 Å². The summed E-state index contributed by atoms with van der Waals surface area (Å²) in [6.45, 7) is 11.6. The number of nitrogens with zero attached hydrogens (tertiary/aromatic N) is 8. The van der Waals surface area contributed by atoms with Crippen molar-refractivity contribution in [1.29, 1.82) is 0 Å². The second kappa shape index (κ2) is 20.0. The van der Waals surface area contributed by atoms with Crippen LogP contribution in [0, 0.1) is 6.42 Å². The maximum atomic E-state index is 12.5. The molecule has 0 radical (unpaired) electrons. The molecule has 0 spiro atoms. The van der Waals surface area contributed by atoms with Crippen molar-refractivity contribution in [3.8, 4) is 0 Å². The molecular formula is C40H57Br2MgN9O2. The molecule has 10 rings (SSSR count). The number of ether oxygens (including phenoxy) is 1. The van der Waals surface area contributed by atoms with E-state index in [1.54, 1.807) is 0 Å². The Morgan fingerprint density at radius 3 is 1.70 bits per heavy atom. The average Bonchev–Trinajstić information content (AvgIpc) is 3.55. The minimum absolute atomic E-state index is 0. The third kappa shape index (κ3) is 10.6. The summed E-state index contributed by atoms with van der Waals surface area (Å²) < 4.78 is 11.8. The van der Waals surface area contributed by atoms with E-state index >= 15 is 0 Å². The molecule has 14 heteroatoms. The number of carbonyl (C=O) groups is 1. The van der Waals surface area contributed by atoms with Gasteiger partial charge in [-0.05, 0) is 83.4 Å². The molecule has 7 heterocycles. The van der Waals surface area contributed by atoms with E-state index in [0.717, 1.165) is 55.8 Å². The maximum absolute atomic E-state index is 12.5. The van der Waals surface area contributed by atoms with Gasteiger partial charge in [0.1, 0.15) is 5.60 Å². The van der Waals surface area contributed by atoms with Crippen LogP contribution in [0.1, 0.15) is 131 Å². The Morgan fingerprint density at radius 2 is 1.26 bits per heavy atom. The van der Waals surface area contributed by atoms with Gasteiger partial charge < -0.3 is 38.4 Å². The molecule has 1 saturated heterocycles. The van der Waals surface area contributed by atoms with E-state index in [-0.39, 0.29) is 46.1 Å². The Hall–Kier alpha value is -1.84. The summed E-state index contributed by atoms with van der Waals surface area (Å²) in [4.78, 5) is 23.9. The molecule has 6 aliphatic rings. The van der Waals surface area contributed by atoms with Gasteiger partial charge in [0.25, 0.3) is 0 Å². The van der Waals surface area contributed by atoms with Crippen molar-refractivity contribution in [1.82, 2.24) is 43.3 Å². The average molecular weight is 880 g/mol. The molecule has 0 atom stereocenters. The predicted octanol–water partition coefficient (Wildman–Crippen LogP) is 4.02. The first-order valence-electron chi connectivity index (χ1n) is 19.9. The van der Waals surface area contributed by atoms with Crippen LogP contribution in [-0.2, 0) is 30.4 Å². The monoisotopic (exact) mass is 877 g/mol. The van der Waals surface area contributed by atoms with Gasteiger partial charge in [-0.3, -0.25) is 0 Å². The second-order valence-corrected chi connectivity index (χ2v) is 17.0. The van der Waals surface area contributed by atoms with Gasteiger partial charge >= 0.3 is 29.1 Å². The van der Waals surface area contributed by atoms with E-state index in [9.17, 15) is 4.79 Å². The van der Waals surface area contributed by atoms with Crippen LogP contribution in [0.3, 0.4) is 0 Å². The number of carbonyl (C=O) groups excluding carboxylic acids is 1. The zero-order valence-electron chi connectivity index (χ0n) is 32.5. The van der Waals surface area contributed by atoms with E-state index in [4.69, 9.17) is 14.7 Å². The molecule has 290 valence electrons. The molecule has 3 aliphatic heterocycles. The fourth-order valence-corrected chi connectivity index (χ4v) is 7.89. The van der Waals surface area contributed by atoms with Gasteiger partial charge in [-0.15, -0.1) is 6.42 Å². The first-order valence-corrected chi connectivity index (χ1v) is 20.6. The molecule has 0 unspecified atom stereocenters. The van der Waals surface area contributed by atoms with Crippen LogP contribution in [0.2, 0.25) is 0 Å². The minimum atomic E-state index is -0.466. The first-order chi connectivity index (χ1) is 25.2. The fraction of sp³-hybridized carbons (Fsp3) is 0.650. The normalized spacial score (nSPS) is 19.6. The summed E-state index contributed by atoms with van der Waals surface area (Å²) in [6, 6.07) is 4.00. The third-order valence-electron chi connectivity index (χ3n) is 11.1. The predicted molar refractivity (Wildman–Crippen MR) is 214 cm³/mol. The van der Waals surface area contributed by atoms with Crippen LogP contribution in [0.15, 0.2) is 24.5 Å². The van der Waals surface area contributed by atoms with E-state index < -0.39 is 5.60 Å². The van der Waals surface area contributed by atoms with Crippen LogP contribution < -0.4 is 22.3 Å². The molecular weight excluding hydrogens is 823 g/mol. The molecule has 1 N–H and O–H groups in total. The Bertz CT molecular complexity index is 1810.